The Labute approximate surface area is 174 Å². The minimum absolute atomic E-state index is 0.0935. The van der Waals surface area contributed by atoms with Crippen LogP contribution in [0.5, 0.6) is 0 Å². The van der Waals surface area contributed by atoms with Gasteiger partial charge in [0, 0.05) is 19.3 Å². The molecule has 7 nitrogen and oxygen atoms in total. The van der Waals surface area contributed by atoms with Crippen LogP contribution in [0.1, 0.15) is 12.5 Å². The van der Waals surface area contributed by atoms with E-state index in [9.17, 15) is 4.79 Å². The highest BCUT2D eigenvalue weighted by atomic mass is 32.2. The molecular formula is C21H23N5O2S. The molecule has 0 unspecified atom stereocenters. The first-order chi connectivity index (χ1) is 14.3. The number of amides is 1. The van der Waals surface area contributed by atoms with Crippen molar-refractivity contribution >= 4 is 17.7 Å². The molecular weight excluding hydrogens is 386 g/mol. The van der Waals surface area contributed by atoms with Crippen molar-refractivity contribution in [2.45, 2.75) is 18.5 Å². The molecule has 0 spiro atoms. The van der Waals surface area contributed by atoms with E-state index in [1.807, 2.05) is 39.8 Å². The van der Waals surface area contributed by atoms with Gasteiger partial charge in [0.2, 0.25) is 5.91 Å². The van der Waals surface area contributed by atoms with Gasteiger partial charge < -0.3 is 9.64 Å². The van der Waals surface area contributed by atoms with Crippen LogP contribution in [0.25, 0.3) is 17.2 Å². The molecule has 1 amide bonds. The Morgan fingerprint density at radius 1 is 1.10 bits per heavy atom. The molecule has 1 aliphatic rings. The quantitative estimate of drug-likeness (QED) is 0.583. The van der Waals surface area contributed by atoms with Crippen molar-refractivity contribution in [3.63, 3.8) is 0 Å². The van der Waals surface area contributed by atoms with E-state index < -0.39 is 0 Å². The van der Waals surface area contributed by atoms with E-state index in [2.05, 4.69) is 34.2 Å². The second-order valence-corrected chi connectivity index (χ2v) is 7.56. The summed E-state index contributed by atoms with van der Waals surface area (Å²) in [5.41, 5.74) is 2.95. The molecule has 0 radical (unpaired) electrons. The Bertz CT molecular complexity index is 970. The first-order valence-electron chi connectivity index (χ1n) is 9.71. The number of pyridine rings is 1. The fourth-order valence-electron chi connectivity index (χ4n) is 3.30. The molecule has 29 heavy (non-hydrogen) atoms. The van der Waals surface area contributed by atoms with Gasteiger partial charge in [-0.2, -0.15) is 0 Å². The normalized spacial score (nSPS) is 14.2. The van der Waals surface area contributed by atoms with Crippen molar-refractivity contribution in [2.24, 2.45) is 0 Å². The van der Waals surface area contributed by atoms with Crippen LogP contribution < -0.4 is 0 Å². The van der Waals surface area contributed by atoms with Gasteiger partial charge in [-0.3, -0.25) is 14.3 Å². The SMILES string of the molecule is CCc1ccccc1-n1c(SCC(=O)N2CCOCC2)nnc1-c1ccccn1. The molecule has 0 N–H and O–H groups in total. The third-order valence-electron chi connectivity index (χ3n) is 4.83. The smallest absolute Gasteiger partial charge is 0.233 e. The maximum Gasteiger partial charge on any atom is 0.233 e. The van der Waals surface area contributed by atoms with E-state index in [0.717, 1.165) is 17.8 Å². The monoisotopic (exact) mass is 409 g/mol. The molecule has 1 aliphatic heterocycles. The number of thioether (sulfide) groups is 1. The fraction of sp³-hybridized carbons (Fsp3) is 0.333. The van der Waals surface area contributed by atoms with Crippen molar-refractivity contribution in [1.29, 1.82) is 0 Å². The fourth-order valence-corrected chi connectivity index (χ4v) is 4.15. The molecule has 8 heteroatoms. The summed E-state index contributed by atoms with van der Waals surface area (Å²) in [6.45, 7) is 4.60. The maximum absolute atomic E-state index is 12.6. The topological polar surface area (TPSA) is 73.1 Å². The van der Waals surface area contributed by atoms with Crippen LogP contribution in [0.3, 0.4) is 0 Å². The first kappa shape index (κ1) is 19.6. The summed E-state index contributed by atoms with van der Waals surface area (Å²) in [6, 6.07) is 13.9. The average molecular weight is 410 g/mol. The predicted molar refractivity (Wildman–Crippen MR) is 112 cm³/mol. The van der Waals surface area contributed by atoms with Gasteiger partial charge in [-0.05, 0) is 30.2 Å². The molecule has 3 aromatic rings. The largest absolute Gasteiger partial charge is 0.378 e. The Hall–Kier alpha value is -2.71. The average Bonchev–Trinajstić information content (AvgIpc) is 3.22. The number of aryl methyl sites for hydroxylation is 1. The maximum atomic E-state index is 12.6. The standard InChI is InChI=1S/C21H23N5O2S/c1-2-16-7-3-4-9-18(16)26-20(17-8-5-6-10-22-17)23-24-21(26)29-15-19(27)25-11-13-28-14-12-25/h3-10H,2,11-15H2,1H3. The molecule has 1 aromatic carbocycles. The van der Waals surface area contributed by atoms with Crippen LogP contribution in [-0.2, 0) is 16.0 Å². The van der Waals surface area contributed by atoms with E-state index in [4.69, 9.17) is 4.74 Å². The van der Waals surface area contributed by atoms with Gasteiger partial charge in [0.05, 0.1) is 24.7 Å². The molecule has 0 atom stereocenters. The van der Waals surface area contributed by atoms with Crippen molar-refractivity contribution < 1.29 is 9.53 Å². The number of benzene rings is 1. The summed E-state index contributed by atoms with van der Waals surface area (Å²) in [5.74, 6) is 1.08. The molecule has 150 valence electrons. The van der Waals surface area contributed by atoms with E-state index in [0.29, 0.717) is 43.0 Å². The number of para-hydroxylation sites is 1. The van der Waals surface area contributed by atoms with E-state index >= 15 is 0 Å². The zero-order chi connectivity index (χ0) is 20.1. The molecule has 1 fully saturated rings. The highest BCUT2D eigenvalue weighted by Crippen LogP contribution is 2.29. The minimum atomic E-state index is 0.0935. The van der Waals surface area contributed by atoms with Crippen LogP contribution >= 0.6 is 11.8 Å². The van der Waals surface area contributed by atoms with Crippen LogP contribution in [-0.4, -0.2) is 62.6 Å². The van der Waals surface area contributed by atoms with E-state index in [-0.39, 0.29) is 5.91 Å². The van der Waals surface area contributed by atoms with Crippen LogP contribution in [0.4, 0.5) is 0 Å². The molecule has 4 rings (SSSR count). The Kier molecular flexibility index (Phi) is 6.21. The molecule has 2 aromatic heterocycles. The van der Waals surface area contributed by atoms with Gasteiger partial charge in [0.1, 0.15) is 5.69 Å². The molecule has 0 aliphatic carbocycles. The second kappa shape index (κ2) is 9.19. The first-order valence-corrected chi connectivity index (χ1v) is 10.7. The van der Waals surface area contributed by atoms with E-state index in [1.165, 1.54) is 17.3 Å². The zero-order valence-corrected chi connectivity index (χ0v) is 17.1. The van der Waals surface area contributed by atoms with Gasteiger partial charge in [-0.1, -0.05) is 43.0 Å². The van der Waals surface area contributed by atoms with Crippen LogP contribution in [0.2, 0.25) is 0 Å². The summed E-state index contributed by atoms with van der Waals surface area (Å²) in [4.78, 5) is 18.9. The molecule has 0 saturated carbocycles. The summed E-state index contributed by atoms with van der Waals surface area (Å²) in [6.07, 6.45) is 2.63. The van der Waals surface area contributed by atoms with Crippen LogP contribution in [0, 0.1) is 0 Å². The number of hydrogen-bond acceptors (Lipinski definition) is 6. The Morgan fingerprint density at radius 2 is 1.90 bits per heavy atom. The molecule has 3 heterocycles. The number of morpholine rings is 1. The lowest BCUT2D eigenvalue weighted by Gasteiger charge is -2.26. The number of hydrogen-bond donors (Lipinski definition) is 0. The van der Waals surface area contributed by atoms with Gasteiger partial charge in [-0.15, -0.1) is 10.2 Å². The van der Waals surface area contributed by atoms with Gasteiger partial charge in [0.25, 0.3) is 0 Å². The molecule has 0 bridgehead atoms. The van der Waals surface area contributed by atoms with Crippen molar-refractivity contribution in [2.75, 3.05) is 32.1 Å². The summed E-state index contributed by atoms with van der Waals surface area (Å²) in [5, 5.41) is 9.50. The van der Waals surface area contributed by atoms with Crippen molar-refractivity contribution in [3.05, 3.63) is 54.2 Å². The van der Waals surface area contributed by atoms with Crippen molar-refractivity contribution in [1.82, 2.24) is 24.6 Å². The molecule has 1 saturated heterocycles. The lowest BCUT2D eigenvalue weighted by atomic mass is 10.1. The summed E-state index contributed by atoms with van der Waals surface area (Å²) >= 11 is 1.41. The third kappa shape index (κ3) is 4.33. The van der Waals surface area contributed by atoms with Gasteiger partial charge >= 0.3 is 0 Å². The number of carbonyl (C=O) groups is 1. The number of aromatic nitrogens is 4. The predicted octanol–water partition coefficient (Wildman–Crippen LogP) is 2.84. The lowest BCUT2D eigenvalue weighted by Crippen LogP contribution is -2.41. The second-order valence-electron chi connectivity index (χ2n) is 6.62. The lowest BCUT2D eigenvalue weighted by molar-refractivity contribution is -0.132. The zero-order valence-electron chi connectivity index (χ0n) is 16.3. The number of rotatable bonds is 6. The van der Waals surface area contributed by atoms with Crippen molar-refractivity contribution in [3.8, 4) is 17.2 Å². The Balaban J connectivity index is 1.67. The summed E-state index contributed by atoms with van der Waals surface area (Å²) < 4.78 is 7.35. The third-order valence-corrected chi connectivity index (χ3v) is 5.74. The van der Waals surface area contributed by atoms with E-state index in [1.54, 1.807) is 6.20 Å². The van der Waals surface area contributed by atoms with Crippen LogP contribution in [0.15, 0.2) is 53.8 Å². The highest BCUT2D eigenvalue weighted by molar-refractivity contribution is 7.99. The Morgan fingerprint density at radius 3 is 2.66 bits per heavy atom. The number of carbonyl (C=O) groups excluding carboxylic acids is 1. The highest BCUT2D eigenvalue weighted by Gasteiger charge is 2.22. The van der Waals surface area contributed by atoms with Gasteiger partial charge in [-0.25, -0.2) is 0 Å². The van der Waals surface area contributed by atoms with Gasteiger partial charge in [0.15, 0.2) is 11.0 Å². The summed E-state index contributed by atoms with van der Waals surface area (Å²) in [7, 11) is 0. The number of ether oxygens (including phenoxy) is 1. The minimum Gasteiger partial charge on any atom is -0.378 e. The number of nitrogens with zero attached hydrogens (tertiary/aromatic N) is 5.